The first kappa shape index (κ1) is 13.4. The molecule has 0 heterocycles. The summed E-state index contributed by atoms with van der Waals surface area (Å²) in [5, 5.41) is 10.9. The molecule has 2 aliphatic carbocycles. The second kappa shape index (κ2) is 4.55. The molecule has 2 nitrogen and oxygen atoms in total. The van der Waals surface area contributed by atoms with Crippen molar-refractivity contribution in [1.82, 2.24) is 0 Å². The number of hydrogen-bond acceptors (Lipinski definition) is 2. The normalized spacial score (nSPS) is 38.1. The Morgan fingerprint density at radius 2 is 1.76 bits per heavy atom. The molecule has 2 aliphatic rings. The van der Waals surface area contributed by atoms with Crippen molar-refractivity contribution in [3.63, 3.8) is 0 Å². The van der Waals surface area contributed by atoms with Crippen LogP contribution in [0.5, 0.6) is 0 Å². The van der Waals surface area contributed by atoms with Gasteiger partial charge in [-0.1, -0.05) is 13.8 Å². The first-order valence-electron chi connectivity index (χ1n) is 7.35. The molecule has 0 bridgehead atoms. The molecule has 3 N–H and O–H groups in total. The summed E-state index contributed by atoms with van der Waals surface area (Å²) in [4.78, 5) is 0. The molecule has 0 spiro atoms. The van der Waals surface area contributed by atoms with Gasteiger partial charge in [-0.25, -0.2) is 0 Å². The van der Waals surface area contributed by atoms with Crippen molar-refractivity contribution in [2.45, 2.75) is 64.9 Å². The van der Waals surface area contributed by atoms with Crippen LogP contribution in [-0.2, 0) is 0 Å². The summed E-state index contributed by atoms with van der Waals surface area (Å²) in [5.41, 5.74) is 5.53. The maximum Gasteiger partial charge on any atom is 0.0715 e. The van der Waals surface area contributed by atoms with E-state index >= 15 is 0 Å². The van der Waals surface area contributed by atoms with Crippen LogP contribution >= 0.6 is 0 Å². The maximum atomic E-state index is 10.9. The second-order valence-electron chi connectivity index (χ2n) is 6.99. The van der Waals surface area contributed by atoms with Crippen LogP contribution in [0.15, 0.2) is 0 Å². The van der Waals surface area contributed by atoms with Gasteiger partial charge in [-0.05, 0) is 63.2 Å². The molecule has 100 valence electrons. The zero-order valence-corrected chi connectivity index (χ0v) is 11.7. The third-order valence-corrected chi connectivity index (χ3v) is 5.77. The summed E-state index contributed by atoms with van der Waals surface area (Å²) < 4.78 is 0. The van der Waals surface area contributed by atoms with Gasteiger partial charge < -0.3 is 10.8 Å². The van der Waals surface area contributed by atoms with Gasteiger partial charge in [-0.3, -0.25) is 0 Å². The average Bonchev–Trinajstić information content (AvgIpc) is 3.12. The van der Waals surface area contributed by atoms with Crippen molar-refractivity contribution < 1.29 is 5.11 Å². The Morgan fingerprint density at radius 1 is 1.24 bits per heavy atom. The summed E-state index contributed by atoms with van der Waals surface area (Å²) in [7, 11) is 0. The molecule has 0 radical (unpaired) electrons. The van der Waals surface area contributed by atoms with Crippen LogP contribution in [0.4, 0.5) is 0 Å². The summed E-state index contributed by atoms with van der Waals surface area (Å²) in [5.74, 6) is 2.13. The number of rotatable bonds is 4. The fraction of sp³-hybridized carbons (Fsp3) is 1.00. The molecular weight excluding hydrogens is 210 g/mol. The van der Waals surface area contributed by atoms with Crippen LogP contribution in [-0.4, -0.2) is 17.3 Å². The summed E-state index contributed by atoms with van der Waals surface area (Å²) in [6.45, 7) is 7.34. The Bertz CT molecular complexity index is 260. The molecule has 0 aromatic carbocycles. The van der Waals surface area contributed by atoms with Crippen LogP contribution in [0.1, 0.15) is 59.3 Å². The van der Waals surface area contributed by atoms with E-state index in [1.165, 1.54) is 25.7 Å². The van der Waals surface area contributed by atoms with Crippen molar-refractivity contribution in [2.75, 3.05) is 6.54 Å². The van der Waals surface area contributed by atoms with Gasteiger partial charge in [0.25, 0.3) is 0 Å². The van der Waals surface area contributed by atoms with Gasteiger partial charge in [0.05, 0.1) is 5.60 Å². The maximum absolute atomic E-state index is 10.9. The highest BCUT2D eigenvalue weighted by molar-refractivity contribution is 5.06. The van der Waals surface area contributed by atoms with Crippen LogP contribution in [0.25, 0.3) is 0 Å². The summed E-state index contributed by atoms with van der Waals surface area (Å²) >= 11 is 0. The van der Waals surface area contributed by atoms with Crippen LogP contribution in [0.2, 0.25) is 0 Å². The molecule has 1 unspecified atom stereocenters. The molecular formula is C15H29NO. The highest BCUT2D eigenvalue weighted by Crippen LogP contribution is 2.55. The quantitative estimate of drug-likeness (QED) is 0.792. The van der Waals surface area contributed by atoms with Gasteiger partial charge in [0.1, 0.15) is 0 Å². The van der Waals surface area contributed by atoms with E-state index in [2.05, 4.69) is 13.8 Å². The van der Waals surface area contributed by atoms with Crippen molar-refractivity contribution in [3.05, 3.63) is 0 Å². The van der Waals surface area contributed by atoms with Crippen LogP contribution < -0.4 is 5.73 Å². The zero-order valence-electron chi connectivity index (χ0n) is 11.7. The van der Waals surface area contributed by atoms with Crippen molar-refractivity contribution in [1.29, 1.82) is 0 Å². The molecule has 0 aliphatic heterocycles. The summed E-state index contributed by atoms with van der Waals surface area (Å²) in [6.07, 6.45) is 7.13. The van der Waals surface area contributed by atoms with Gasteiger partial charge in [0, 0.05) is 12.0 Å². The molecule has 2 fully saturated rings. The molecule has 0 amide bonds. The highest BCUT2D eigenvalue weighted by Gasteiger charge is 2.55. The van der Waals surface area contributed by atoms with E-state index in [1.807, 2.05) is 6.92 Å². The third kappa shape index (κ3) is 2.26. The molecule has 0 aromatic rings. The fourth-order valence-corrected chi connectivity index (χ4v) is 3.85. The second-order valence-corrected chi connectivity index (χ2v) is 6.99. The van der Waals surface area contributed by atoms with Gasteiger partial charge in [-0.2, -0.15) is 0 Å². The third-order valence-electron chi connectivity index (χ3n) is 5.77. The molecule has 17 heavy (non-hydrogen) atoms. The fourth-order valence-electron chi connectivity index (χ4n) is 3.85. The largest absolute Gasteiger partial charge is 0.389 e. The minimum absolute atomic E-state index is 0.000440. The lowest BCUT2D eigenvalue weighted by molar-refractivity contribution is -0.109. The first-order chi connectivity index (χ1) is 7.93. The monoisotopic (exact) mass is 239 g/mol. The standard InChI is InChI=1S/C15H29NO/c1-11(2)12-6-8-15(10-16,9-7-12)14(3,17)13-4-5-13/h11-13,17H,4-10,16H2,1-3H3. The first-order valence-corrected chi connectivity index (χ1v) is 7.35. The molecule has 1 atom stereocenters. The lowest BCUT2D eigenvalue weighted by Crippen LogP contribution is -2.54. The van der Waals surface area contributed by atoms with Gasteiger partial charge in [0.15, 0.2) is 0 Å². The predicted octanol–water partition coefficient (Wildman–Crippen LogP) is 2.94. The lowest BCUT2D eigenvalue weighted by atomic mass is 9.59. The average molecular weight is 239 g/mol. The summed E-state index contributed by atoms with van der Waals surface area (Å²) in [6, 6.07) is 0. The van der Waals surface area contributed by atoms with Crippen LogP contribution in [0, 0.1) is 23.2 Å². The van der Waals surface area contributed by atoms with E-state index in [4.69, 9.17) is 5.73 Å². The topological polar surface area (TPSA) is 46.2 Å². The zero-order chi connectivity index (χ0) is 12.7. The van der Waals surface area contributed by atoms with Gasteiger partial charge >= 0.3 is 0 Å². The Morgan fingerprint density at radius 3 is 2.12 bits per heavy atom. The van der Waals surface area contributed by atoms with Crippen molar-refractivity contribution in [2.24, 2.45) is 28.9 Å². The van der Waals surface area contributed by atoms with Gasteiger partial charge in [-0.15, -0.1) is 0 Å². The lowest BCUT2D eigenvalue weighted by Gasteiger charge is -2.50. The van der Waals surface area contributed by atoms with Crippen LogP contribution in [0.3, 0.4) is 0 Å². The SMILES string of the molecule is CC(C)C1CCC(CN)(C(C)(O)C2CC2)CC1. The molecule has 2 heteroatoms. The van der Waals surface area contributed by atoms with E-state index in [0.29, 0.717) is 12.5 Å². The van der Waals surface area contributed by atoms with E-state index in [-0.39, 0.29) is 5.41 Å². The minimum atomic E-state index is -0.524. The van der Waals surface area contributed by atoms with Gasteiger partial charge in [0.2, 0.25) is 0 Å². The number of nitrogens with two attached hydrogens (primary N) is 1. The molecule has 2 rings (SSSR count). The highest BCUT2D eigenvalue weighted by atomic mass is 16.3. The Balaban J connectivity index is 2.07. The Labute approximate surface area is 106 Å². The predicted molar refractivity (Wildman–Crippen MR) is 71.6 cm³/mol. The molecule has 0 aromatic heterocycles. The molecule has 0 saturated heterocycles. The number of hydrogen-bond donors (Lipinski definition) is 2. The Kier molecular flexibility index (Phi) is 3.57. The van der Waals surface area contributed by atoms with E-state index in [9.17, 15) is 5.11 Å². The van der Waals surface area contributed by atoms with Crippen molar-refractivity contribution in [3.8, 4) is 0 Å². The van der Waals surface area contributed by atoms with E-state index in [1.54, 1.807) is 0 Å². The minimum Gasteiger partial charge on any atom is -0.389 e. The molecule has 2 saturated carbocycles. The van der Waals surface area contributed by atoms with Crippen molar-refractivity contribution >= 4 is 0 Å². The smallest absolute Gasteiger partial charge is 0.0715 e. The number of aliphatic hydroxyl groups is 1. The van der Waals surface area contributed by atoms with E-state index < -0.39 is 5.60 Å². The Hall–Kier alpha value is -0.0800. The van der Waals surface area contributed by atoms with E-state index in [0.717, 1.165) is 24.7 Å².